The van der Waals surface area contributed by atoms with Crippen LogP contribution in [0, 0.1) is 0 Å². The molecule has 108 valence electrons. The molecule has 0 aliphatic rings. The van der Waals surface area contributed by atoms with Crippen LogP contribution in [-0.2, 0) is 0 Å². The highest BCUT2D eigenvalue weighted by molar-refractivity contribution is 5.35. The van der Waals surface area contributed by atoms with Gasteiger partial charge in [0.05, 0.1) is 6.61 Å². The highest BCUT2D eigenvalue weighted by Crippen LogP contribution is 2.27. The van der Waals surface area contributed by atoms with E-state index in [-0.39, 0.29) is 6.04 Å². The Labute approximate surface area is 118 Å². The van der Waals surface area contributed by atoms with Gasteiger partial charge >= 0.3 is 0 Å². The van der Waals surface area contributed by atoms with Crippen molar-refractivity contribution in [3.8, 4) is 5.75 Å². The molecule has 0 amide bonds. The van der Waals surface area contributed by atoms with Gasteiger partial charge in [0.1, 0.15) is 5.75 Å². The van der Waals surface area contributed by atoms with Crippen LogP contribution in [0.3, 0.4) is 0 Å². The zero-order chi connectivity index (χ0) is 13.9. The zero-order valence-electron chi connectivity index (χ0n) is 12.5. The van der Waals surface area contributed by atoms with Crippen LogP contribution in [0.1, 0.15) is 70.4 Å². The van der Waals surface area contributed by atoms with Crippen molar-refractivity contribution in [2.24, 2.45) is 5.73 Å². The maximum absolute atomic E-state index is 6.30. The molecule has 1 unspecified atom stereocenters. The van der Waals surface area contributed by atoms with Gasteiger partial charge in [0.25, 0.3) is 0 Å². The normalized spacial score (nSPS) is 12.4. The van der Waals surface area contributed by atoms with Crippen LogP contribution >= 0.6 is 0 Å². The molecule has 0 aliphatic heterocycles. The summed E-state index contributed by atoms with van der Waals surface area (Å²) in [6.45, 7) is 5.13. The van der Waals surface area contributed by atoms with Crippen molar-refractivity contribution in [1.82, 2.24) is 0 Å². The minimum absolute atomic E-state index is 0.106. The molecule has 2 N–H and O–H groups in total. The van der Waals surface area contributed by atoms with E-state index in [1.165, 1.54) is 32.1 Å². The molecule has 0 bridgehead atoms. The fourth-order valence-electron chi connectivity index (χ4n) is 2.25. The summed E-state index contributed by atoms with van der Waals surface area (Å²) in [5.41, 5.74) is 7.46. The Bertz CT molecular complexity index is 338. The Morgan fingerprint density at radius 2 is 1.74 bits per heavy atom. The van der Waals surface area contributed by atoms with Gasteiger partial charge in [-0.25, -0.2) is 0 Å². The number of nitrogens with two attached hydrogens (primary N) is 1. The van der Waals surface area contributed by atoms with Crippen molar-refractivity contribution in [1.29, 1.82) is 0 Å². The van der Waals surface area contributed by atoms with E-state index < -0.39 is 0 Å². The van der Waals surface area contributed by atoms with Crippen LogP contribution < -0.4 is 10.5 Å². The van der Waals surface area contributed by atoms with Gasteiger partial charge in [-0.2, -0.15) is 0 Å². The Kier molecular flexibility index (Phi) is 8.31. The summed E-state index contributed by atoms with van der Waals surface area (Å²) in [7, 11) is 0. The van der Waals surface area contributed by atoms with Gasteiger partial charge in [-0.15, -0.1) is 0 Å². The minimum Gasteiger partial charge on any atom is -0.493 e. The molecule has 0 saturated heterocycles. The predicted octanol–water partition coefficient (Wildman–Crippen LogP) is 4.84. The molecule has 0 fully saturated rings. The van der Waals surface area contributed by atoms with Crippen LogP contribution in [-0.4, -0.2) is 6.61 Å². The summed E-state index contributed by atoms with van der Waals surface area (Å²) in [5, 5.41) is 0. The molecule has 1 atom stereocenters. The molecule has 19 heavy (non-hydrogen) atoms. The Morgan fingerprint density at radius 1 is 1.00 bits per heavy atom. The summed E-state index contributed by atoms with van der Waals surface area (Å²) in [4.78, 5) is 0. The summed E-state index contributed by atoms with van der Waals surface area (Å²) >= 11 is 0. The summed E-state index contributed by atoms with van der Waals surface area (Å²) in [5.74, 6) is 0.963. The van der Waals surface area contributed by atoms with Gasteiger partial charge in [0, 0.05) is 11.6 Å². The fourth-order valence-corrected chi connectivity index (χ4v) is 2.25. The number of rotatable bonds is 10. The van der Waals surface area contributed by atoms with Crippen molar-refractivity contribution in [3.63, 3.8) is 0 Å². The smallest absolute Gasteiger partial charge is 0.124 e. The maximum atomic E-state index is 6.30. The number of hydrogen-bond acceptors (Lipinski definition) is 2. The van der Waals surface area contributed by atoms with Gasteiger partial charge in [0.2, 0.25) is 0 Å². The second-order valence-electron chi connectivity index (χ2n) is 5.20. The lowest BCUT2D eigenvalue weighted by atomic mass is 10.00. The van der Waals surface area contributed by atoms with Crippen LogP contribution in [0.2, 0.25) is 0 Å². The van der Waals surface area contributed by atoms with Crippen LogP contribution in [0.5, 0.6) is 5.75 Å². The van der Waals surface area contributed by atoms with Crippen molar-refractivity contribution in [2.45, 2.75) is 64.8 Å². The Balaban J connectivity index is 2.44. The number of benzene rings is 1. The Hall–Kier alpha value is -1.02. The van der Waals surface area contributed by atoms with E-state index in [0.717, 1.165) is 30.8 Å². The molecule has 0 saturated carbocycles. The molecule has 0 heterocycles. The monoisotopic (exact) mass is 263 g/mol. The molecule has 2 nitrogen and oxygen atoms in total. The van der Waals surface area contributed by atoms with Crippen molar-refractivity contribution in [3.05, 3.63) is 29.8 Å². The quantitative estimate of drug-likeness (QED) is 0.613. The lowest BCUT2D eigenvalue weighted by molar-refractivity contribution is 0.311. The highest BCUT2D eigenvalue weighted by Gasteiger charge is 2.11. The average Bonchev–Trinajstić information content (AvgIpc) is 2.45. The van der Waals surface area contributed by atoms with Crippen LogP contribution in [0.15, 0.2) is 24.3 Å². The highest BCUT2D eigenvalue weighted by atomic mass is 16.5. The first-order valence-corrected chi connectivity index (χ1v) is 7.76. The molecule has 2 heteroatoms. The van der Waals surface area contributed by atoms with E-state index >= 15 is 0 Å². The molecule has 1 rings (SSSR count). The third-order valence-corrected chi connectivity index (χ3v) is 3.40. The second kappa shape index (κ2) is 9.85. The van der Waals surface area contributed by atoms with Crippen molar-refractivity contribution in [2.75, 3.05) is 6.61 Å². The molecular weight excluding hydrogens is 234 g/mol. The molecular formula is C17H29NO. The third-order valence-electron chi connectivity index (χ3n) is 3.40. The topological polar surface area (TPSA) is 35.2 Å². The van der Waals surface area contributed by atoms with E-state index in [0.29, 0.717) is 0 Å². The lowest BCUT2D eigenvalue weighted by Gasteiger charge is -2.16. The standard InChI is InChI=1S/C17H29NO/c1-3-5-6-7-8-12-16(18)15-11-9-10-13-17(15)19-14-4-2/h9-11,13,16H,3-8,12,14,18H2,1-2H3. The predicted molar refractivity (Wildman–Crippen MR) is 82.5 cm³/mol. The number of para-hydroxylation sites is 1. The number of hydrogen-bond donors (Lipinski definition) is 1. The Morgan fingerprint density at radius 3 is 2.47 bits per heavy atom. The van der Waals surface area contributed by atoms with Crippen molar-refractivity contribution < 1.29 is 4.74 Å². The maximum Gasteiger partial charge on any atom is 0.124 e. The summed E-state index contributed by atoms with van der Waals surface area (Å²) in [6.07, 6.45) is 8.54. The van der Waals surface area contributed by atoms with Crippen LogP contribution in [0.25, 0.3) is 0 Å². The summed E-state index contributed by atoms with van der Waals surface area (Å²) < 4.78 is 5.77. The zero-order valence-corrected chi connectivity index (χ0v) is 12.5. The van der Waals surface area contributed by atoms with Gasteiger partial charge in [-0.3, -0.25) is 0 Å². The summed E-state index contributed by atoms with van der Waals surface area (Å²) in [6, 6.07) is 8.30. The van der Waals surface area contributed by atoms with Gasteiger partial charge < -0.3 is 10.5 Å². The van der Waals surface area contributed by atoms with E-state index in [2.05, 4.69) is 19.9 Å². The molecule has 0 aliphatic carbocycles. The SMILES string of the molecule is CCCCCCCC(N)c1ccccc1OCCC. The average molecular weight is 263 g/mol. The number of unbranched alkanes of at least 4 members (excludes halogenated alkanes) is 4. The van der Waals surface area contributed by atoms with Gasteiger partial charge in [-0.1, -0.05) is 64.2 Å². The third kappa shape index (κ3) is 6.11. The lowest BCUT2D eigenvalue weighted by Crippen LogP contribution is -2.12. The van der Waals surface area contributed by atoms with E-state index in [9.17, 15) is 0 Å². The van der Waals surface area contributed by atoms with Crippen LogP contribution in [0.4, 0.5) is 0 Å². The fraction of sp³-hybridized carbons (Fsp3) is 0.647. The second-order valence-corrected chi connectivity index (χ2v) is 5.20. The first-order valence-electron chi connectivity index (χ1n) is 7.76. The largest absolute Gasteiger partial charge is 0.493 e. The van der Waals surface area contributed by atoms with Gasteiger partial charge in [0.15, 0.2) is 0 Å². The molecule has 0 spiro atoms. The van der Waals surface area contributed by atoms with E-state index in [1.807, 2.05) is 18.2 Å². The van der Waals surface area contributed by atoms with Gasteiger partial charge in [-0.05, 0) is 18.9 Å². The number of ether oxygens (including phenoxy) is 1. The molecule has 1 aromatic carbocycles. The van der Waals surface area contributed by atoms with E-state index in [1.54, 1.807) is 0 Å². The molecule has 1 aromatic rings. The minimum atomic E-state index is 0.106. The van der Waals surface area contributed by atoms with E-state index in [4.69, 9.17) is 10.5 Å². The molecule has 0 radical (unpaired) electrons. The van der Waals surface area contributed by atoms with Crippen molar-refractivity contribution >= 4 is 0 Å². The first kappa shape index (κ1) is 16.0. The molecule has 0 aromatic heterocycles. The first-order chi connectivity index (χ1) is 9.29.